The predicted octanol–water partition coefficient (Wildman–Crippen LogP) is 3.59. The van der Waals surface area contributed by atoms with Crippen LogP contribution >= 0.6 is 0 Å². The third-order valence-corrected chi connectivity index (χ3v) is 3.07. The molecule has 0 spiro atoms. The lowest BCUT2D eigenvalue weighted by Gasteiger charge is -2.15. The fourth-order valence-corrected chi connectivity index (χ4v) is 1.86. The van der Waals surface area contributed by atoms with Crippen molar-refractivity contribution in [1.82, 2.24) is 5.32 Å². The summed E-state index contributed by atoms with van der Waals surface area (Å²) in [4.78, 5) is 0. The molecule has 0 fully saturated rings. The average Bonchev–Trinajstić information content (AvgIpc) is 2.33. The van der Waals surface area contributed by atoms with Crippen molar-refractivity contribution in [3.63, 3.8) is 0 Å². The maximum absolute atomic E-state index is 5.77. The number of aryl methyl sites for hydroxylation is 1. The monoisotopic (exact) mass is 235 g/mol. The van der Waals surface area contributed by atoms with Crippen molar-refractivity contribution in [3.05, 3.63) is 28.8 Å². The van der Waals surface area contributed by atoms with E-state index in [-0.39, 0.29) is 0 Å². The quantitative estimate of drug-likeness (QED) is 0.729. The first-order valence-corrected chi connectivity index (χ1v) is 6.63. The van der Waals surface area contributed by atoms with Gasteiger partial charge < -0.3 is 10.1 Å². The zero-order valence-electron chi connectivity index (χ0n) is 11.6. The van der Waals surface area contributed by atoms with Gasteiger partial charge in [0, 0.05) is 12.1 Å². The maximum atomic E-state index is 5.77. The van der Waals surface area contributed by atoms with Crippen LogP contribution in [0.25, 0.3) is 0 Å². The third-order valence-electron chi connectivity index (χ3n) is 3.07. The van der Waals surface area contributed by atoms with Gasteiger partial charge in [0.2, 0.25) is 0 Å². The molecule has 0 saturated carbocycles. The average molecular weight is 235 g/mol. The first kappa shape index (κ1) is 14.0. The molecule has 0 saturated heterocycles. The van der Waals surface area contributed by atoms with E-state index >= 15 is 0 Å². The number of nitrogens with one attached hydrogen (secondary N) is 1. The van der Waals surface area contributed by atoms with Gasteiger partial charge in [0.25, 0.3) is 0 Å². The van der Waals surface area contributed by atoms with Gasteiger partial charge in [-0.05, 0) is 44.9 Å². The molecule has 17 heavy (non-hydrogen) atoms. The van der Waals surface area contributed by atoms with Gasteiger partial charge in [0.15, 0.2) is 0 Å². The molecule has 0 bridgehead atoms. The Morgan fingerprint density at radius 1 is 1.18 bits per heavy atom. The molecular weight excluding hydrogens is 210 g/mol. The Hall–Kier alpha value is -1.02. The van der Waals surface area contributed by atoms with Crippen LogP contribution in [-0.2, 0) is 6.54 Å². The highest BCUT2D eigenvalue weighted by atomic mass is 16.5. The highest BCUT2D eigenvalue weighted by molar-refractivity contribution is 5.45. The van der Waals surface area contributed by atoms with Crippen LogP contribution in [0.5, 0.6) is 5.75 Å². The number of benzene rings is 1. The number of ether oxygens (including phenoxy) is 1. The van der Waals surface area contributed by atoms with Crippen molar-refractivity contribution in [3.8, 4) is 5.75 Å². The van der Waals surface area contributed by atoms with Crippen molar-refractivity contribution in [2.24, 2.45) is 0 Å². The fourth-order valence-electron chi connectivity index (χ4n) is 1.86. The smallest absolute Gasteiger partial charge is 0.126 e. The van der Waals surface area contributed by atoms with Gasteiger partial charge in [-0.3, -0.25) is 0 Å². The van der Waals surface area contributed by atoms with Gasteiger partial charge in [-0.15, -0.1) is 0 Å². The highest BCUT2D eigenvalue weighted by Crippen LogP contribution is 2.26. The summed E-state index contributed by atoms with van der Waals surface area (Å²) in [6.07, 6.45) is 2.47. The molecule has 1 rings (SSSR count). The van der Waals surface area contributed by atoms with Crippen molar-refractivity contribution < 1.29 is 4.74 Å². The third kappa shape index (κ3) is 4.04. The van der Waals surface area contributed by atoms with Crippen molar-refractivity contribution >= 4 is 0 Å². The second-order valence-corrected chi connectivity index (χ2v) is 4.46. The van der Waals surface area contributed by atoms with Crippen molar-refractivity contribution in [2.45, 2.75) is 47.1 Å². The Kier molecular flexibility index (Phi) is 6.06. The van der Waals surface area contributed by atoms with Gasteiger partial charge in [-0.25, -0.2) is 0 Å². The summed E-state index contributed by atoms with van der Waals surface area (Å²) in [7, 11) is 0. The predicted molar refractivity (Wildman–Crippen MR) is 73.7 cm³/mol. The lowest BCUT2D eigenvalue weighted by molar-refractivity contribution is 0.333. The molecule has 0 aliphatic heterocycles. The van der Waals surface area contributed by atoms with Gasteiger partial charge in [-0.2, -0.15) is 0 Å². The SMILES string of the molecule is CCCCNCc1ccc(C)c(C)c1OCC. The number of rotatable bonds is 7. The lowest BCUT2D eigenvalue weighted by Crippen LogP contribution is -2.15. The van der Waals surface area contributed by atoms with E-state index in [1.165, 1.54) is 29.5 Å². The summed E-state index contributed by atoms with van der Waals surface area (Å²) in [5, 5.41) is 3.47. The molecule has 0 heterocycles. The second kappa shape index (κ2) is 7.33. The largest absolute Gasteiger partial charge is 0.493 e. The summed E-state index contributed by atoms with van der Waals surface area (Å²) in [5.74, 6) is 1.07. The topological polar surface area (TPSA) is 21.3 Å². The zero-order valence-corrected chi connectivity index (χ0v) is 11.6. The van der Waals surface area contributed by atoms with E-state index in [4.69, 9.17) is 4.74 Å². The molecule has 1 aromatic carbocycles. The fraction of sp³-hybridized carbons (Fsp3) is 0.600. The molecule has 2 nitrogen and oxygen atoms in total. The van der Waals surface area contributed by atoms with Gasteiger partial charge in [0.05, 0.1) is 6.61 Å². The van der Waals surface area contributed by atoms with E-state index in [9.17, 15) is 0 Å². The molecule has 1 aromatic rings. The Balaban J connectivity index is 2.72. The minimum absolute atomic E-state index is 0.728. The van der Waals surface area contributed by atoms with Crippen LogP contribution in [0, 0.1) is 13.8 Å². The van der Waals surface area contributed by atoms with Crippen LogP contribution in [0.15, 0.2) is 12.1 Å². The van der Waals surface area contributed by atoms with E-state index in [1.807, 2.05) is 6.92 Å². The molecule has 96 valence electrons. The summed E-state index contributed by atoms with van der Waals surface area (Å²) < 4.78 is 5.77. The number of hydrogen-bond donors (Lipinski definition) is 1. The Bertz CT molecular complexity index is 347. The minimum atomic E-state index is 0.728. The van der Waals surface area contributed by atoms with Gasteiger partial charge >= 0.3 is 0 Å². The van der Waals surface area contributed by atoms with Crippen molar-refractivity contribution in [2.75, 3.05) is 13.2 Å². The first-order chi connectivity index (χ1) is 8.20. The van der Waals surface area contributed by atoms with Gasteiger partial charge in [-0.1, -0.05) is 25.5 Å². The van der Waals surface area contributed by atoms with Crippen LogP contribution in [0.4, 0.5) is 0 Å². The van der Waals surface area contributed by atoms with Crippen LogP contribution < -0.4 is 10.1 Å². The molecule has 0 atom stereocenters. The van der Waals surface area contributed by atoms with Crippen LogP contribution in [-0.4, -0.2) is 13.2 Å². The molecule has 0 aliphatic rings. The van der Waals surface area contributed by atoms with Crippen LogP contribution in [0.1, 0.15) is 43.4 Å². The van der Waals surface area contributed by atoms with E-state index in [1.54, 1.807) is 0 Å². The molecule has 0 amide bonds. The Labute approximate surface area is 105 Å². The van der Waals surface area contributed by atoms with Crippen LogP contribution in [0.3, 0.4) is 0 Å². The summed E-state index contributed by atoms with van der Waals surface area (Å²) in [6, 6.07) is 4.35. The molecule has 1 N–H and O–H groups in total. The molecule has 2 heteroatoms. The van der Waals surface area contributed by atoms with E-state index in [0.717, 1.165) is 25.4 Å². The Morgan fingerprint density at radius 2 is 1.94 bits per heavy atom. The van der Waals surface area contributed by atoms with E-state index < -0.39 is 0 Å². The summed E-state index contributed by atoms with van der Waals surface area (Å²) in [6.45, 7) is 11.2. The van der Waals surface area contributed by atoms with Gasteiger partial charge in [0.1, 0.15) is 5.75 Å². The standard InChI is InChI=1S/C15H25NO/c1-5-7-10-16-11-14-9-8-12(3)13(4)15(14)17-6-2/h8-9,16H,5-7,10-11H2,1-4H3. The molecular formula is C15H25NO. The molecule has 0 aliphatic carbocycles. The molecule has 0 radical (unpaired) electrons. The lowest BCUT2D eigenvalue weighted by atomic mass is 10.0. The summed E-state index contributed by atoms with van der Waals surface area (Å²) >= 11 is 0. The maximum Gasteiger partial charge on any atom is 0.126 e. The number of unbranched alkanes of at least 4 members (excludes halogenated alkanes) is 1. The zero-order chi connectivity index (χ0) is 12.7. The second-order valence-electron chi connectivity index (χ2n) is 4.46. The van der Waals surface area contributed by atoms with Crippen molar-refractivity contribution in [1.29, 1.82) is 0 Å². The number of hydrogen-bond acceptors (Lipinski definition) is 2. The summed E-state index contributed by atoms with van der Waals surface area (Å²) in [5.41, 5.74) is 3.83. The molecule has 0 aromatic heterocycles. The van der Waals surface area contributed by atoms with E-state index in [0.29, 0.717) is 0 Å². The van der Waals surface area contributed by atoms with E-state index in [2.05, 4.69) is 38.2 Å². The minimum Gasteiger partial charge on any atom is -0.493 e. The Morgan fingerprint density at radius 3 is 2.59 bits per heavy atom. The first-order valence-electron chi connectivity index (χ1n) is 6.63. The molecule has 0 unspecified atom stereocenters. The van der Waals surface area contributed by atoms with Crippen LogP contribution in [0.2, 0.25) is 0 Å². The highest BCUT2D eigenvalue weighted by Gasteiger charge is 2.08. The normalized spacial score (nSPS) is 10.6.